The molecule has 1 heterocycles. The number of para-hydroxylation sites is 2. The summed E-state index contributed by atoms with van der Waals surface area (Å²) >= 11 is 0. The van der Waals surface area contributed by atoms with Crippen LogP contribution in [0.2, 0.25) is 0 Å². The van der Waals surface area contributed by atoms with Gasteiger partial charge >= 0.3 is 0 Å². The lowest BCUT2D eigenvalue weighted by molar-refractivity contribution is 0.670. The van der Waals surface area contributed by atoms with Gasteiger partial charge in [-0.3, -0.25) is 0 Å². The van der Waals surface area contributed by atoms with Gasteiger partial charge in [-0.15, -0.1) is 0 Å². The minimum atomic E-state index is -2.67. The first-order valence-corrected chi connectivity index (χ1v) is 20.8. The Kier molecular flexibility index (Phi) is 8.20. The van der Waals surface area contributed by atoms with Gasteiger partial charge in [0.05, 0.1) is 5.69 Å². The van der Waals surface area contributed by atoms with Crippen molar-refractivity contribution in [2.75, 3.05) is 4.90 Å². The highest BCUT2D eigenvalue weighted by molar-refractivity contribution is 7.19. The average Bonchev–Trinajstić information content (AvgIpc) is 3.65. The molecule has 0 aliphatic heterocycles. The Morgan fingerprint density at radius 2 is 0.818 bits per heavy atom. The van der Waals surface area contributed by atoms with Gasteiger partial charge in [-0.05, 0) is 68.1 Å². The van der Waals surface area contributed by atoms with Gasteiger partial charge in [-0.1, -0.05) is 188 Å². The first-order valence-electron chi connectivity index (χ1n) is 18.8. The first-order chi connectivity index (χ1) is 27.3. The number of rotatable bonds is 8. The monoisotopic (exact) mass is 719 g/mol. The molecule has 0 bridgehead atoms. The zero-order valence-corrected chi connectivity index (χ0v) is 31.2. The molecule has 0 N–H and O–H groups in total. The summed E-state index contributed by atoms with van der Waals surface area (Å²) in [5.74, 6) is 0. The van der Waals surface area contributed by atoms with Crippen molar-refractivity contribution < 1.29 is 4.42 Å². The topological polar surface area (TPSA) is 16.4 Å². The third-order valence-corrected chi connectivity index (χ3v) is 15.8. The van der Waals surface area contributed by atoms with Crippen LogP contribution in [-0.2, 0) is 0 Å². The van der Waals surface area contributed by atoms with Crippen molar-refractivity contribution in [3.05, 3.63) is 224 Å². The van der Waals surface area contributed by atoms with E-state index in [1.54, 1.807) is 0 Å². The first kappa shape index (κ1) is 32.7. The van der Waals surface area contributed by atoms with E-state index in [0.29, 0.717) is 0 Å². The van der Waals surface area contributed by atoms with Crippen LogP contribution >= 0.6 is 0 Å². The van der Waals surface area contributed by atoms with Crippen molar-refractivity contribution in [2.45, 2.75) is 0 Å². The van der Waals surface area contributed by atoms with E-state index in [0.717, 1.165) is 50.1 Å². The van der Waals surface area contributed by atoms with E-state index in [1.807, 2.05) is 12.1 Å². The predicted molar refractivity (Wildman–Crippen MR) is 235 cm³/mol. The molecule has 0 spiro atoms. The highest BCUT2D eigenvalue weighted by atomic mass is 28.3. The summed E-state index contributed by atoms with van der Waals surface area (Å²) in [6.45, 7) is 0. The summed E-state index contributed by atoms with van der Waals surface area (Å²) in [6.07, 6.45) is 0. The second-order valence-electron chi connectivity index (χ2n) is 14.1. The summed E-state index contributed by atoms with van der Waals surface area (Å²) in [6, 6.07) is 81.6. The quantitative estimate of drug-likeness (QED) is 0.115. The van der Waals surface area contributed by atoms with Crippen LogP contribution in [0.15, 0.2) is 229 Å². The standard InChI is InChI=1S/C52H37NOSi/c1-4-18-42(19-5-1)55(43-20-6-2-7-21-43,44-22-8-3-9-23-44)45-36-34-41(35-37-45)53(50-28-14-17-38-16-10-11-24-46(38)50)40-32-30-39(31-33-40)47-26-15-27-49-48-25-12-13-29-51(48)54-52(47)49/h1-37H. The largest absolute Gasteiger partial charge is 0.455 e. The highest BCUT2D eigenvalue weighted by Gasteiger charge is 2.41. The average molecular weight is 720 g/mol. The molecule has 0 unspecified atom stereocenters. The van der Waals surface area contributed by atoms with Gasteiger partial charge in [0, 0.05) is 33.1 Å². The molecule has 260 valence electrons. The van der Waals surface area contributed by atoms with Crippen LogP contribution in [0.4, 0.5) is 17.1 Å². The smallest absolute Gasteiger partial charge is 0.179 e. The Bertz CT molecular complexity index is 2800. The molecule has 2 nitrogen and oxygen atoms in total. The summed E-state index contributed by atoms with van der Waals surface area (Å²) in [5, 5.41) is 10.1. The fraction of sp³-hybridized carbons (Fsp3) is 0. The molecule has 10 rings (SSSR count). The summed E-state index contributed by atoms with van der Waals surface area (Å²) in [7, 11) is -2.67. The third-order valence-electron chi connectivity index (χ3n) is 11.0. The van der Waals surface area contributed by atoms with Gasteiger partial charge in [0.1, 0.15) is 11.2 Å². The zero-order valence-electron chi connectivity index (χ0n) is 30.2. The molecule has 0 saturated heterocycles. The third kappa shape index (κ3) is 5.56. The minimum absolute atomic E-state index is 0.908. The molecule has 9 aromatic carbocycles. The van der Waals surface area contributed by atoms with Crippen molar-refractivity contribution in [2.24, 2.45) is 0 Å². The van der Waals surface area contributed by atoms with Crippen molar-refractivity contribution >= 4 is 78.6 Å². The van der Waals surface area contributed by atoms with E-state index in [-0.39, 0.29) is 0 Å². The number of furan rings is 1. The van der Waals surface area contributed by atoms with Crippen LogP contribution in [0.5, 0.6) is 0 Å². The Hall–Kier alpha value is -6.94. The van der Waals surface area contributed by atoms with Gasteiger partial charge in [0.15, 0.2) is 8.07 Å². The Balaban J connectivity index is 1.13. The summed E-state index contributed by atoms with van der Waals surface area (Å²) in [5.41, 5.74) is 7.35. The van der Waals surface area contributed by atoms with Crippen LogP contribution in [-0.4, -0.2) is 8.07 Å². The van der Waals surface area contributed by atoms with E-state index in [1.165, 1.54) is 31.5 Å². The second-order valence-corrected chi connectivity index (χ2v) is 17.9. The van der Waals surface area contributed by atoms with E-state index in [9.17, 15) is 0 Å². The van der Waals surface area contributed by atoms with Crippen LogP contribution in [0.1, 0.15) is 0 Å². The summed E-state index contributed by atoms with van der Waals surface area (Å²) in [4.78, 5) is 2.40. The fourth-order valence-corrected chi connectivity index (χ4v) is 13.3. The lowest BCUT2D eigenvalue weighted by Crippen LogP contribution is -2.74. The molecule has 10 aromatic rings. The predicted octanol–water partition coefficient (Wildman–Crippen LogP) is 11.3. The Labute approximate surface area is 322 Å². The number of anilines is 3. The van der Waals surface area contributed by atoms with Crippen molar-refractivity contribution in [3.63, 3.8) is 0 Å². The SMILES string of the molecule is c1ccc([Si](c2ccccc2)(c2ccccc2)c2ccc(N(c3ccc(-c4cccc5c4oc4ccccc45)cc3)c3cccc4ccccc34)cc2)cc1. The van der Waals surface area contributed by atoms with Crippen LogP contribution in [0, 0.1) is 0 Å². The van der Waals surface area contributed by atoms with Gasteiger partial charge in [0.2, 0.25) is 0 Å². The molecule has 0 aliphatic rings. The van der Waals surface area contributed by atoms with Gasteiger partial charge in [-0.25, -0.2) is 0 Å². The van der Waals surface area contributed by atoms with Crippen molar-refractivity contribution in [3.8, 4) is 11.1 Å². The molecule has 0 amide bonds. The highest BCUT2D eigenvalue weighted by Crippen LogP contribution is 2.41. The molecule has 0 radical (unpaired) electrons. The molecule has 0 atom stereocenters. The van der Waals surface area contributed by atoms with Crippen LogP contribution in [0.3, 0.4) is 0 Å². The molecule has 0 aliphatic carbocycles. The minimum Gasteiger partial charge on any atom is -0.455 e. The Morgan fingerprint density at radius 1 is 0.345 bits per heavy atom. The van der Waals surface area contributed by atoms with E-state index in [4.69, 9.17) is 4.42 Å². The number of hydrogen-bond donors (Lipinski definition) is 0. The van der Waals surface area contributed by atoms with Crippen LogP contribution in [0.25, 0.3) is 43.8 Å². The maximum absolute atomic E-state index is 6.43. The van der Waals surface area contributed by atoms with Crippen molar-refractivity contribution in [1.29, 1.82) is 0 Å². The number of hydrogen-bond acceptors (Lipinski definition) is 2. The zero-order chi connectivity index (χ0) is 36.6. The lowest BCUT2D eigenvalue weighted by Gasteiger charge is -2.35. The summed E-state index contributed by atoms with van der Waals surface area (Å²) < 4.78 is 6.43. The molecule has 0 saturated carbocycles. The lowest BCUT2D eigenvalue weighted by atomic mass is 10.0. The number of nitrogens with zero attached hydrogens (tertiary/aromatic N) is 1. The maximum Gasteiger partial charge on any atom is 0.179 e. The fourth-order valence-electron chi connectivity index (χ4n) is 8.52. The van der Waals surface area contributed by atoms with Crippen LogP contribution < -0.4 is 25.6 Å². The molecular weight excluding hydrogens is 683 g/mol. The second kappa shape index (κ2) is 13.8. The maximum atomic E-state index is 6.43. The number of benzene rings is 9. The number of fused-ring (bicyclic) bond motifs is 4. The molecule has 1 aromatic heterocycles. The van der Waals surface area contributed by atoms with E-state index in [2.05, 4.69) is 217 Å². The Morgan fingerprint density at radius 3 is 1.45 bits per heavy atom. The van der Waals surface area contributed by atoms with Gasteiger partial charge < -0.3 is 9.32 Å². The van der Waals surface area contributed by atoms with E-state index >= 15 is 0 Å². The normalized spacial score (nSPS) is 11.6. The van der Waals surface area contributed by atoms with Gasteiger partial charge in [-0.2, -0.15) is 0 Å². The molecule has 0 fully saturated rings. The van der Waals surface area contributed by atoms with Gasteiger partial charge in [0.25, 0.3) is 0 Å². The molecule has 55 heavy (non-hydrogen) atoms. The van der Waals surface area contributed by atoms with Crippen molar-refractivity contribution in [1.82, 2.24) is 0 Å². The van der Waals surface area contributed by atoms with E-state index < -0.39 is 8.07 Å². The molecular formula is C52H37NOSi. The molecule has 3 heteroatoms.